The molecule has 2 saturated carbocycles. The predicted octanol–water partition coefficient (Wildman–Crippen LogP) is 5.01. The van der Waals surface area contributed by atoms with E-state index in [0.717, 1.165) is 5.92 Å². The van der Waals surface area contributed by atoms with Crippen molar-refractivity contribution in [3.8, 4) is 0 Å². The molecule has 0 unspecified atom stereocenters. The molecule has 0 aliphatic heterocycles. The van der Waals surface area contributed by atoms with E-state index in [-0.39, 0.29) is 0 Å². The molecule has 1 aromatic rings. The molecule has 110 valence electrons. The van der Waals surface area contributed by atoms with Crippen molar-refractivity contribution in [2.45, 2.75) is 70.8 Å². The molecule has 0 N–H and O–H groups in total. The number of benzene rings is 1. The van der Waals surface area contributed by atoms with E-state index in [1.807, 2.05) is 7.11 Å². The topological polar surface area (TPSA) is 9.23 Å². The maximum Gasteiger partial charge on any atom is 0.0571 e. The number of rotatable bonds is 4. The molecular weight excluding hydrogens is 244 g/mol. The van der Waals surface area contributed by atoms with Crippen molar-refractivity contribution in [1.82, 2.24) is 0 Å². The van der Waals surface area contributed by atoms with Crippen LogP contribution in [0, 0.1) is 12.3 Å². The molecule has 0 radical (unpaired) electrons. The lowest BCUT2D eigenvalue weighted by Gasteiger charge is -2.37. The zero-order chi connectivity index (χ0) is 14.2. The van der Waals surface area contributed by atoms with E-state index in [1.165, 1.54) is 50.5 Å². The summed E-state index contributed by atoms with van der Waals surface area (Å²) < 4.78 is 5.51. The molecule has 3 rings (SSSR count). The monoisotopic (exact) mass is 272 g/mol. The van der Waals surface area contributed by atoms with Crippen molar-refractivity contribution in [2.75, 3.05) is 7.11 Å². The summed E-state index contributed by atoms with van der Waals surface area (Å²) in [7, 11) is 1.86. The smallest absolute Gasteiger partial charge is 0.0571 e. The first-order valence-corrected chi connectivity index (χ1v) is 8.22. The molecule has 2 fully saturated rings. The number of aryl methyl sites for hydroxylation is 1. The highest BCUT2D eigenvalue weighted by molar-refractivity contribution is 5.35. The predicted molar refractivity (Wildman–Crippen MR) is 84.2 cm³/mol. The van der Waals surface area contributed by atoms with E-state index in [1.54, 1.807) is 11.1 Å². The van der Waals surface area contributed by atoms with Crippen LogP contribution >= 0.6 is 0 Å². The van der Waals surface area contributed by atoms with E-state index in [0.29, 0.717) is 11.5 Å². The summed E-state index contributed by atoms with van der Waals surface area (Å²) in [5.41, 5.74) is 5.11. The fraction of sp³-hybridized carbons (Fsp3) is 0.684. The Hall–Kier alpha value is -0.820. The van der Waals surface area contributed by atoms with E-state index in [4.69, 9.17) is 4.74 Å². The van der Waals surface area contributed by atoms with Gasteiger partial charge >= 0.3 is 0 Å². The van der Waals surface area contributed by atoms with Gasteiger partial charge in [-0.15, -0.1) is 0 Å². The van der Waals surface area contributed by atoms with Crippen molar-refractivity contribution in [1.29, 1.82) is 0 Å². The first-order valence-electron chi connectivity index (χ1n) is 8.22. The summed E-state index contributed by atoms with van der Waals surface area (Å²) in [5, 5.41) is 0. The maximum absolute atomic E-state index is 5.51. The lowest BCUT2D eigenvalue weighted by atomic mass is 9.70. The van der Waals surface area contributed by atoms with Gasteiger partial charge in [0, 0.05) is 7.11 Å². The van der Waals surface area contributed by atoms with Crippen LogP contribution in [-0.4, -0.2) is 13.2 Å². The van der Waals surface area contributed by atoms with Crippen LogP contribution in [0.4, 0.5) is 0 Å². The highest BCUT2D eigenvalue weighted by Gasteiger charge is 2.32. The average Bonchev–Trinajstić information content (AvgIpc) is 3.26. The molecule has 2 aliphatic carbocycles. The molecule has 0 heterocycles. The molecule has 0 aromatic heterocycles. The normalized spacial score (nSPS) is 30.4. The summed E-state index contributed by atoms with van der Waals surface area (Å²) in [6, 6.07) is 7.22. The molecule has 0 spiro atoms. The zero-order valence-electron chi connectivity index (χ0n) is 13.2. The van der Waals surface area contributed by atoms with Gasteiger partial charge in [-0.05, 0) is 79.9 Å². The number of ether oxygens (including phenoxy) is 1. The van der Waals surface area contributed by atoms with Gasteiger partial charge in [0.25, 0.3) is 0 Å². The molecule has 2 aliphatic rings. The van der Waals surface area contributed by atoms with Crippen molar-refractivity contribution in [3.63, 3.8) is 0 Å². The Morgan fingerprint density at radius 2 is 1.85 bits per heavy atom. The molecule has 1 nitrogen and oxygen atoms in total. The van der Waals surface area contributed by atoms with E-state index < -0.39 is 0 Å². The molecule has 0 saturated heterocycles. The fourth-order valence-corrected chi connectivity index (χ4v) is 3.75. The zero-order valence-corrected chi connectivity index (χ0v) is 13.2. The highest BCUT2D eigenvalue weighted by Crippen LogP contribution is 2.42. The summed E-state index contributed by atoms with van der Waals surface area (Å²) in [4.78, 5) is 0. The first-order chi connectivity index (χ1) is 9.59. The lowest BCUT2D eigenvalue weighted by Crippen LogP contribution is -2.30. The van der Waals surface area contributed by atoms with Crippen LogP contribution in [0.5, 0.6) is 0 Å². The summed E-state index contributed by atoms with van der Waals surface area (Å²) in [6.45, 7) is 4.76. The van der Waals surface area contributed by atoms with Crippen LogP contribution in [0.25, 0.3) is 0 Å². The molecule has 20 heavy (non-hydrogen) atoms. The third-order valence-corrected chi connectivity index (χ3v) is 5.51. The van der Waals surface area contributed by atoms with Gasteiger partial charge in [-0.3, -0.25) is 0 Å². The van der Waals surface area contributed by atoms with Gasteiger partial charge in [-0.25, -0.2) is 0 Å². The van der Waals surface area contributed by atoms with Gasteiger partial charge in [0.1, 0.15) is 0 Å². The van der Waals surface area contributed by atoms with Gasteiger partial charge in [-0.1, -0.05) is 25.1 Å². The van der Waals surface area contributed by atoms with Crippen molar-refractivity contribution in [3.05, 3.63) is 34.9 Å². The Balaban J connectivity index is 1.67. The van der Waals surface area contributed by atoms with Crippen LogP contribution in [0.15, 0.2) is 18.2 Å². The SMILES string of the molecule is CO[C@H]1CC[C@@](C)(Cc2ccc(C3CC3)cc2C)CC1. The lowest BCUT2D eigenvalue weighted by molar-refractivity contribution is 0.0325. The fourth-order valence-electron chi connectivity index (χ4n) is 3.75. The Morgan fingerprint density at radius 3 is 2.40 bits per heavy atom. The average molecular weight is 272 g/mol. The maximum atomic E-state index is 5.51. The largest absolute Gasteiger partial charge is 0.381 e. The molecule has 0 bridgehead atoms. The van der Waals surface area contributed by atoms with Crippen molar-refractivity contribution < 1.29 is 4.74 Å². The Bertz CT molecular complexity index is 465. The summed E-state index contributed by atoms with van der Waals surface area (Å²) in [5.74, 6) is 0.871. The van der Waals surface area contributed by atoms with E-state index in [9.17, 15) is 0 Å². The van der Waals surface area contributed by atoms with E-state index >= 15 is 0 Å². The number of methoxy groups -OCH3 is 1. The summed E-state index contributed by atoms with van der Waals surface area (Å²) in [6.07, 6.45) is 9.59. The van der Waals surface area contributed by atoms with Crippen LogP contribution in [0.1, 0.15) is 68.1 Å². The van der Waals surface area contributed by atoms with Gasteiger partial charge in [0.2, 0.25) is 0 Å². The molecule has 0 atom stereocenters. The molecule has 1 aromatic carbocycles. The number of hydrogen-bond donors (Lipinski definition) is 0. The third kappa shape index (κ3) is 3.09. The van der Waals surface area contributed by atoms with Gasteiger partial charge in [0.15, 0.2) is 0 Å². The van der Waals surface area contributed by atoms with Crippen LogP contribution in [-0.2, 0) is 11.2 Å². The molecular formula is C19H28O. The Labute approximate surface area is 123 Å². The van der Waals surface area contributed by atoms with Crippen LogP contribution < -0.4 is 0 Å². The highest BCUT2D eigenvalue weighted by atomic mass is 16.5. The second kappa shape index (κ2) is 5.52. The Kier molecular flexibility index (Phi) is 3.90. The van der Waals surface area contributed by atoms with Gasteiger partial charge in [0.05, 0.1) is 6.10 Å². The van der Waals surface area contributed by atoms with Crippen molar-refractivity contribution >= 4 is 0 Å². The third-order valence-electron chi connectivity index (χ3n) is 5.51. The summed E-state index contributed by atoms with van der Waals surface area (Å²) >= 11 is 0. The van der Waals surface area contributed by atoms with E-state index in [2.05, 4.69) is 32.0 Å². The second-order valence-corrected chi connectivity index (χ2v) is 7.38. The van der Waals surface area contributed by atoms with Crippen LogP contribution in [0.3, 0.4) is 0 Å². The van der Waals surface area contributed by atoms with Gasteiger partial charge in [-0.2, -0.15) is 0 Å². The first kappa shape index (κ1) is 14.1. The Morgan fingerprint density at radius 1 is 1.15 bits per heavy atom. The molecule has 1 heteroatoms. The minimum atomic E-state index is 0.473. The van der Waals surface area contributed by atoms with Crippen molar-refractivity contribution in [2.24, 2.45) is 5.41 Å². The minimum Gasteiger partial charge on any atom is -0.381 e. The molecule has 0 amide bonds. The van der Waals surface area contributed by atoms with Crippen LogP contribution in [0.2, 0.25) is 0 Å². The number of hydrogen-bond acceptors (Lipinski definition) is 1. The quantitative estimate of drug-likeness (QED) is 0.748. The standard InChI is InChI=1S/C19H28O/c1-14-12-16(15-4-5-15)6-7-17(14)13-19(2)10-8-18(20-3)9-11-19/h6-7,12,15,18H,4-5,8-11,13H2,1-3H3/t18-,19+. The second-order valence-electron chi connectivity index (χ2n) is 7.38. The van der Waals surface area contributed by atoms with Gasteiger partial charge < -0.3 is 4.74 Å². The minimum absolute atomic E-state index is 0.473.